The van der Waals surface area contributed by atoms with Gasteiger partial charge in [0.15, 0.2) is 36.1 Å². The quantitative estimate of drug-likeness (QED) is 0.0385. The Hall–Kier alpha value is -5.42. The van der Waals surface area contributed by atoms with Gasteiger partial charge in [0, 0.05) is 57.0 Å². The minimum Gasteiger partial charge on any atom is -0.394 e. The van der Waals surface area contributed by atoms with E-state index in [9.17, 15) is 73.2 Å². The Kier molecular flexibility index (Phi) is 23.5. The highest BCUT2D eigenvalue weighted by molar-refractivity contribution is 5.82. The van der Waals surface area contributed by atoms with Crippen molar-refractivity contribution in [2.75, 3.05) is 39.4 Å². The van der Waals surface area contributed by atoms with E-state index in [0.717, 1.165) is 49.4 Å². The Labute approximate surface area is 511 Å². The smallest absolute Gasteiger partial charge is 0.252 e. The second-order valence-electron chi connectivity index (χ2n) is 24.0. The molecule has 6 heterocycles. The fraction of sp³-hybridized carbons (Fsp3) is 0.712. The van der Waals surface area contributed by atoms with Gasteiger partial charge in [-0.25, -0.2) is 17.9 Å². The molecule has 4 saturated heterocycles. The molecule has 2 saturated carbocycles. The lowest BCUT2D eigenvalue weighted by Gasteiger charge is -2.49. The first-order valence-electron chi connectivity index (χ1n) is 30.6. The van der Waals surface area contributed by atoms with E-state index in [1.54, 1.807) is 17.0 Å². The molecule has 30 heteroatoms. The molecule has 2 aromatic heterocycles. The van der Waals surface area contributed by atoms with Crippen LogP contribution in [0.15, 0.2) is 42.9 Å². The summed E-state index contributed by atoms with van der Waals surface area (Å²) in [5, 5.41) is 105. The predicted octanol–water partition coefficient (Wildman–Crippen LogP) is -0.829. The third kappa shape index (κ3) is 15.9. The summed E-state index contributed by atoms with van der Waals surface area (Å²) in [4.78, 5) is 61.9. The number of aromatic nitrogens is 4. The summed E-state index contributed by atoms with van der Waals surface area (Å²) in [6, 6.07) is 1.75. The highest BCUT2D eigenvalue weighted by atomic mass is 19.2. The third-order valence-corrected chi connectivity index (χ3v) is 18.0. The van der Waals surface area contributed by atoms with E-state index >= 15 is 0 Å². The third-order valence-electron chi connectivity index (χ3n) is 18.0. The van der Waals surface area contributed by atoms with Gasteiger partial charge in [-0.3, -0.25) is 24.2 Å². The van der Waals surface area contributed by atoms with Gasteiger partial charge < -0.3 is 94.9 Å². The Balaban J connectivity index is 0.931. The molecule has 12 unspecified atom stereocenters. The number of hydrogen-bond donors (Lipinski definition) is 11. The zero-order chi connectivity index (χ0) is 63.8. The second kappa shape index (κ2) is 30.8. The lowest BCUT2D eigenvalue weighted by Crippen LogP contribution is -2.67. The number of rotatable bonds is 24. The van der Waals surface area contributed by atoms with E-state index in [0.29, 0.717) is 43.6 Å². The van der Waals surface area contributed by atoms with Gasteiger partial charge in [0.2, 0.25) is 11.8 Å². The van der Waals surface area contributed by atoms with Crippen LogP contribution >= 0.6 is 0 Å². The normalized spacial score (nSPS) is 34.2. The Bertz CT molecular complexity index is 2810. The molecule has 9 rings (SSSR count). The predicted molar refractivity (Wildman–Crippen MR) is 300 cm³/mol. The first-order chi connectivity index (χ1) is 42.7. The first-order valence-corrected chi connectivity index (χ1v) is 30.6. The summed E-state index contributed by atoms with van der Waals surface area (Å²) in [6.45, 7) is 3.27. The molecule has 1 aromatic carbocycles. The summed E-state index contributed by atoms with van der Waals surface area (Å²) < 4.78 is 87.5. The minimum absolute atomic E-state index is 0.139. The van der Waals surface area contributed by atoms with Crippen LogP contribution in [-0.2, 0) is 58.9 Å². The molecule has 4 aliphatic heterocycles. The molecular weight excluding hydrogens is 1180 g/mol. The number of amides is 4. The number of ether oxygens (including phenoxy) is 7. The van der Waals surface area contributed by atoms with Crippen LogP contribution in [0.5, 0.6) is 0 Å². The number of halogens is 3. The number of aliphatic hydroxyl groups excluding tert-OH is 8. The van der Waals surface area contributed by atoms with E-state index in [1.807, 2.05) is 6.92 Å². The molecule has 3 aromatic rings. The van der Waals surface area contributed by atoms with Crippen molar-refractivity contribution in [3.63, 3.8) is 0 Å². The van der Waals surface area contributed by atoms with Crippen LogP contribution < -0.4 is 16.0 Å². The summed E-state index contributed by atoms with van der Waals surface area (Å²) in [6.07, 6.45) is -14.7. The van der Waals surface area contributed by atoms with Gasteiger partial charge in [0.25, 0.3) is 11.8 Å². The van der Waals surface area contributed by atoms with Gasteiger partial charge in [0.05, 0.1) is 44.3 Å². The molecular formula is C59H83F3N8O19. The number of nitrogens with zero attached hydrogens (tertiary/aromatic N) is 5. The van der Waals surface area contributed by atoms with E-state index in [-0.39, 0.29) is 55.6 Å². The zero-order valence-corrected chi connectivity index (χ0v) is 49.7. The first kappa shape index (κ1) is 68.0. The lowest BCUT2D eigenvalue weighted by atomic mass is 9.75. The number of benzene rings is 1. The van der Waals surface area contributed by atoms with Crippen molar-refractivity contribution in [1.29, 1.82) is 0 Å². The maximum Gasteiger partial charge on any atom is 0.252 e. The van der Waals surface area contributed by atoms with Gasteiger partial charge in [0.1, 0.15) is 84.9 Å². The number of nitrogens with one attached hydrogen (secondary N) is 3. The molecule has 0 bridgehead atoms. The SMILES string of the molecule is CCC1CC(C(=O)NCCNC(=O)[C@@H](OCc2cccnc2)[C@@H]2OC(CO)[C@H](O)C(n3cc(-c4cc(F)c(F)c(F)c4)nn3)C2O)C[C@@H](O[C@@H]2OC(CO)[C@H](O)C(O[C@@H](CC3CCCCC3)C(=O)N3CCC3)C2NC(C)=O)C1OC1O[C@@H](C)C(O)C(O)[C@@H]1O. The van der Waals surface area contributed by atoms with Crippen molar-refractivity contribution in [3.05, 3.63) is 65.9 Å². The topological polar surface area (TPSA) is 378 Å². The lowest BCUT2D eigenvalue weighted by molar-refractivity contribution is -0.338. The number of pyridine rings is 1. The average Bonchev–Trinajstić information content (AvgIpc) is 1.94. The molecule has 21 atom stereocenters. The van der Waals surface area contributed by atoms with E-state index in [2.05, 4.69) is 31.2 Å². The number of likely N-dealkylation sites (tertiary alicyclic amines) is 1. The minimum atomic E-state index is -1.87. The van der Waals surface area contributed by atoms with Crippen LogP contribution in [0.4, 0.5) is 13.2 Å². The molecule has 0 spiro atoms. The molecule has 6 fully saturated rings. The number of carbonyl (C=O) groups excluding carboxylic acids is 4. The van der Waals surface area contributed by atoms with Crippen molar-refractivity contribution in [2.45, 2.75) is 208 Å². The molecule has 27 nitrogen and oxygen atoms in total. The summed E-state index contributed by atoms with van der Waals surface area (Å²) in [7, 11) is 0. The van der Waals surface area contributed by atoms with Crippen LogP contribution in [-0.4, -0.2) is 239 Å². The van der Waals surface area contributed by atoms with E-state index in [4.69, 9.17) is 33.2 Å². The van der Waals surface area contributed by atoms with Crippen molar-refractivity contribution in [2.24, 2.45) is 17.8 Å². The maximum atomic E-state index is 14.5. The molecule has 494 valence electrons. The number of aliphatic hydroxyl groups is 8. The monoisotopic (exact) mass is 1260 g/mol. The highest BCUT2D eigenvalue weighted by Gasteiger charge is 2.54. The fourth-order valence-electron chi connectivity index (χ4n) is 12.9. The van der Waals surface area contributed by atoms with E-state index < -0.39 is 176 Å². The van der Waals surface area contributed by atoms with Crippen LogP contribution in [0.1, 0.15) is 96.6 Å². The van der Waals surface area contributed by atoms with Gasteiger partial charge in [-0.1, -0.05) is 56.7 Å². The fourth-order valence-corrected chi connectivity index (χ4v) is 12.9. The molecule has 2 aliphatic carbocycles. The molecule has 0 radical (unpaired) electrons. The Morgan fingerprint density at radius 1 is 0.809 bits per heavy atom. The standard InChI is InChI=1S/C59H83F3N8O19/c1-4-32-19-34(55(80)64-14-15-65-56(81)54(83-27-31-12-8-13-63-23-31)53-48(77)44(46(75)40(25-71)86-53)70-24-37(67-68-70)33-20-35(60)42(62)36(61)21-33)22-38(51(32)89-59-50(79)49(78)45(74)28(2)84-59)87-58-43(66-29(3)73)52(47(76)41(26-72)88-58)85-39(57(82)69-16-9-17-69)18-30-10-6-5-7-11-30/h8,12-13,20-21,23-24,28,30,32,34,38-41,43-54,58-59,71-72,74-79H,4-7,9-11,14-19,22,25-27H2,1-3H3,(H,64,80)(H,65,81)(H,66,73)/t28-,32?,34?,38+,39-,40?,41?,43?,44?,45?,46-,47-,48?,49?,50-,51?,52?,53+,54-,58+,59?/m0/s1. The van der Waals surface area contributed by atoms with Crippen LogP contribution in [0.25, 0.3) is 11.3 Å². The molecule has 4 amide bonds. The van der Waals surface area contributed by atoms with Crippen LogP contribution in [0.3, 0.4) is 0 Å². The largest absolute Gasteiger partial charge is 0.394 e. The highest BCUT2D eigenvalue weighted by Crippen LogP contribution is 2.41. The zero-order valence-electron chi connectivity index (χ0n) is 49.7. The second-order valence-corrected chi connectivity index (χ2v) is 24.0. The van der Waals surface area contributed by atoms with Gasteiger partial charge in [-0.2, -0.15) is 0 Å². The van der Waals surface area contributed by atoms with Crippen molar-refractivity contribution in [1.82, 2.24) is 40.8 Å². The Morgan fingerprint density at radius 2 is 1.52 bits per heavy atom. The van der Waals surface area contributed by atoms with Crippen LogP contribution in [0, 0.1) is 35.2 Å². The Morgan fingerprint density at radius 3 is 2.17 bits per heavy atom. The average molecular weight is 1270 g/mol. The molecule has 6 aliphatic rings. The molecule has 89 heavy (non-hydrogen) atoms. The van der Waals surface area contributed by atoms with Gasteiger partial charge in [-0.15, -0.1) is 5.10 Å². The summed E-state index contributed by atoms with van der Waals surface area (Å²) in [5.41, 5.74) is 0.0678. The van der Waals surface area contributed by atoms with Crippen molar-refractivity contribution >= 4 is 23.6 Å². The molecule has 11 N–H and O–H groups in total. The van der Waals surface area contributed by atoms with Gasteiger partial charge >= 0.3 is 0 Å². The number of carbonyl (C=O) groups is 4. The van der Waals surface area contributed by atoms with Crippen LogP contribution in [0.2, 0.25) is 0 Å². The summed E-state index contributed by atoms with van der Waals surface area (Å²) >= 11 is 0. The summed E-state index contributed by atoms with van der Waals surface area (Å²) in [5.74, 6) is -8.32. The van der Waals surface area contributed by atoms with Crippen molar-refractivity contribution in [3.8, 4) is 11.3 Å². The van der Waals surface area contributed by atoms with E-state index in [1.165, 1.54) is 26.2 Å². The van der Waals surface area contributed by atoms with Gasteiger partial charge in [-0.05, 0) is 68.2 Å². The maximum absolute atomic E-state index is 14.5. The van der Waals surface area contributed by atoms with Crippen molar-refractivity contribution < 1.29 is 106 Å². The number of hydrogen-bond acceptors (Lipinski definition) is 22.